The van der Waals surface area contributed by atoms with E-state index in [1.165, 1.54) is 0 Å². The molecule has 0 amide bonds. The first-order valence-electron chi connectivity index (χ1n) is 5.36. The van der Waals surface area contributed by atoms with Crippen LogP contribution in [0.15, 0.2) is 48.5 Å². The molecule has 3 rings (SSSR count). The van der Waals surface area contributed by atoms with Gasteiger partial charge in [0.05, 0.1) is 0 Å². The van der Waals surface area contributed by atoms with E-state index >= 15 is 0 Å². The van der Waals surface area contributed by atoms with Gasteiger partial charge in [-0.1, -0.05) is 23.7 Å². The number of carbonyl (C=O) groups is 1. The van der Waals surface area contributed by atoms with Crippen molar-refractivity contribution in [2.24, 2.45) is 0 Å². The normalized spacial score (nSPS) is 10.7. The molecule has 0 fully saturated rings. The first kappa shape index (κ1) is 10.9. The minimum atomic E-state index is -0.275. The Balaban J connectivity index is 2.03. The van der Waals surface area contributed by atoms with E-state index in [9.17, 15) is 4.79 Å². The van der Waals surface area contributed by atoms with Gasteiger partial charge in [-0.25, -0.2) is 0 Å². The van der Waals surface area contributed by atoms with Crippen LogP contribution in [-0.2, 0) is 0 Å². The van der Waals surface area contributed by atoms with Crippen LogP contribution in [0.25, 0.3) is 11.0 Å². The van der Waals surface area contributed by atoms with Gasteiger partial charge in [0.1, 0.15) is 11.0 Å². The Morgan fingerprint density at radius 2 is 1.50 bits per heavy atom. The highest BCUT2D eigenvalue weighted by atomic mass is 35.5. The lowest BCUT2D eigenvalue weighted by atomic mass is 10.2. The Morgan fingerprint density at radius 1 is 0.944 bits per heavy atom. The van der Waals surface area contributed by atoms with Crippen LogP contribution in [-0.4, -0.2) is 20.9 Å². The number of hydrogen-bond acceptors (Lipinski definition) is 3. The third-order valence-corrected chi connectivity index (χ3v) is 2.81. The van der Waals surface area contributed by atoms with Crippen molar-refractivity contribution >= 4 is 28.5 Å². The molecule has 88 valence electrons. The molecule has 2 aromatic carbocycles. The Hall–Kier alpha value is -2.20. The van der Waals surface area contributed by atoms with Crippen molar-refractivity contribution in [3.05, 3.63) is 59.1 Å². The van der Waals surface area contributed by atoms with Crippen molar-refractivity contribution in [3.8, 4) is 0 Å². The fraction of sp³-hybridized carbons (Fsp3) is 0. The van der Waals surface area contributed by atoms with Crippen molar-refractivity contribution in [3.63, 3.8) is 0 Å². The highest BCUT2D eigenvalue weighted by Crippen LogP contribution is 2.12. The van der Waals surface area contributed by atoms with Crippen molar-refractivity contribution in [2.45, 2.75) is 0 Å². The number of halogens is 1. The van der Waals surface area contributed by atoms with Gasteiger partial charge in [-0.05, 0) is 36.4 Å². The monoisotopic (exact) mass is 257 g/mol. The van der Waals surface area contributed by atoms with Crippen LogP contribution in [0.2, 0.25) is 5.02 Å². The average Bonchev–Trinajstić information content (AvgIpc) is 2.82. The standard InChI is InChI=1S/C13H8ClN3O/c14-10-7-5-9(6-8-10)13(18)17-15-11-3-1-2-4-12(11)16-17/h1-8H. The molecule has 0 unspecified atom stereocenters. The minimum Gasteiger partial charge on any atom is -0.265 e. The molecule has 0 bridgehead atoms. The first-order valence-corrected chi connectivity index (χ1v) is 5.74. The van der Waals surface area contributed by atoms with Gasteiger partial charge in [0, 0.05) is 10.6 Å². The van der Waals surface area contributed by atoms with E-state index < -0.39 is 0 Å². The topological polar surface area (TPSA) is 47.8 Å². The van der Waals surface area contributed by atoms with Crippen molar-refractivity contribution < 1.29 is 4.79 Å². The van der Waals surface area contributed by atoms with Crippen LogP contribution in [0, 0.1) is 0 Å². The van der Waals surface area contributed by atoms with E-state index in [0.717, 1.165) is 4.80 Å². The molecule has 1 aromatic heterocycles. The lowest BCUT2D eigenvalue weighted by Gasteiger charge is -1.98. The van der Waals surface area contributed by atoms with E-state index in [0.29, 0.717) is 21.6 Å². The molecule has 18 heavy (non-hydrogen) atoms. The zero-order valence-corrected chi connectivity index (χ0v) is 10.0. The molecule has 0 atom stereocenters. The van der Waals surface area contributed by atoms with Gasteiger partial charge >= 0.3 is 0 Å². The molecule has 0 aliphatic carbocycles. The SMILES string of the molecule is O=C(c1ccc(Cl)cc1)n1nc2ccccc2n1. The second-order valence-electron chi connectivity index (χ2n) is 3.79. The molecule has 0 saturated carbocycles. The summed E-state index contributed by atoms with van der Waals surface area (Å²) in [7, 11) is 0. The van der Waals surface area contributed by atoms with E-state index in [1.54, 1.807) is 24.3 Å². The molecule has 0 aliphatic rings. The smallest absolute Gasteiger partial charge is 0.265 e. The summed E-state index contributed by atoms with van der Waals surface area (Å²) >= 11 is 5.78. The third kappa shape index (κ3) is 1.87. The minimum absolute atomic E-state index is 0.275. The molecule has 3 aromatic rings. The highest BCUT2D eigenvalue weighted by Gasteiger charge is 2.11. The number of fused-ring (bicyclic) bond motifs is 1. The van der Waals surface area contributed by atoms with E-state index in [-0.39, 0.29) is 5.91 Å². The number of nitrogens with zero attached hydrogens (tertiary/aromatic N) is 3. The summed E-state index contributed by atoms with van der Waals surface area (Å²) in [5, 5.41) is 8.86. The van der Waals surface area contributed by atoms with Crippen LogP contribution >= 0.6 is 11.6 Å². The first-order chi connectivity index (χ1) is 8.74. The van der Waals surface area contributed by atoms with E-state index in [2.05, 4.69) is 10.2 Å². The van der Waals surface area contributed by atoms with Crippen molar-refractivity contribution in [1.82, 2.24) is 15.0 Å². The average molecular weight is 258 g/mol. The maximum atomic E-state index is 12.1. The lowest BCUT2D eigenvalue weighted by molar-refractivity contribution is 0.0928. The Bertz CT molecular complexity index is 685. The third-order valence-electron chi connectivity index (χ3n) is 2.56. The summed E-state index contributed by atoms with van der Waals surface area (Å²) in [5.74, 6) is -0.275. The quantitative estimate of drug-likeness (QED) is 0.673. The lowest BCUT2D eigenvalue weighted by Crippen LogP contribution is -2.14. The largest absolute Gasteiger partial charge is 0.295 e. The molecule has 1 heterocycles. The van der Waals surface area contributed by atoms with Gasteiger partial charge in [0.25, 0.3) is 5.91 Å². The fourth-order valence-electron chi connectivity index (χ4n) is 1.66. The molecule has 4 nitrogen and oxygen atoms in total. The molecular weight excluding hydrogens is 250 g/mol. The Morgan fingerprint density at radius 3 is 2.06 bits per heavy atom. The number of carbonyl (C=O) groups excluding carboxylic acids is 1. The number of aromatic nitrogens is 3. The molecule has 0 saturated heterocycles. The fourth-order valence-corrected chi connectivity index (χ4v) is 1.78. The van der Waals surface area contributed by atoms with Crippen LogP contribution < -0.4 is 0 Å². The van der Waals surface area contributed by atoms with E-state index in [1.807, 2.05) is 24.3 Å². The zero-order valence-electron chi connectivity index (χ0n) is 9.25. The maximum absolute atomic E-state index is 12.1. The summed E-state index contributed by atoms with van der Waals surface area (Å²) in [6, 6.07) is 14.0. The molecule has 5 heteroatoms. The molecule has 0 N–H and O–H groups in total. The van der Waals surface area contributed by atoms with Crippen molar-refractivity contribution in [2.75, 3.05) is 0 Å². The molecular formula is C13H8ClN3O. The van der Waals surface area contributed by atoms with E-state index in [4.69, 9.17) is 11.6 Å². The van der Waals surface area contributed by atoms with Gasteiger partial charge in [-0.2, -0.15) is 0 Å². The Labute approximate surface area is 108 Å². The van der Waals surface area contributed by atoms with Crippen molar-refractivity contribution in [1.29, 1.82) is 0 Å². The predicted molar refractivity (Wildman–Crippen MR) is 68.7 cm³/mol. The second kappa shape index (κ2) is 4.23. The number of hydrogen-bond donors (Lipinski definition) is 0. The zero-order chi connectivity index (χ0) is 12.5. The molecule has 0 aliphatic heterocycles. The number of benzene rings is 2. The van der Waals surface area contributed by atoms with Crippen LogP contribution in [0.1, 0.15) is 10.4 Å². The van der Waals surface area contributed by atoms with Gasteiger partial charge in [-0.15, -0.1) is 15.0 Å². The van der Waals surface area contributed by atoms with Crippen LogP contribution in [0.5, 0.6) is 0 Å². The van der Waals surface area contributed by atoms with Gasteiger partial charge in [0.2, 0.25) is 0 Å². The Kier molecular flexibility index (Phi) is 2.57. The van der Waals surface area contributed by atoms with Gasteiger partial charge < -0.3 is 0 Å². The van der Waals surface area contributed by atoms with Crippen LogP contribution in [0.3, 0.4) is 0 Å². The van der Waals surface area contributed by atoms with Crippen LogP contribution in [0.4, 0.5) is 0 Å². The molecule has 0 spiro atoms. The highest BCUT2D eigenvalue weighted by molar-refractivity contribution is 6.30. The summed E-state index contributed by atoms with van der Waals surface area (Å²) in [5.41, 5.74) is 1.89. The second-order valence-corrected chi connectivity index (χ2v) is 4.23. The molecule has 0 radical (unpaired) electrons. The summed E-state index contributed by atoms with van der Waals surface area (Å²) in [6.07, 6.45) is 0. The summed E-state index contributed by atoms with van der Waals surface area (Å²) < 4.78 is 0. The van der Waals surface area contributed by atoms with Gasteiger partial charge in [0.15, 0.2) is 0 Å². The summed E-state index contributed by atoms with van der Waals surface area (Å²) in [4.78, 5) is 13.2. The number of rotatable bonds is 1. The maximum Gasteiger partial charge on any atom is 0.295 e. The predicted octanol–water partition coefficient (Wildman–Crippen LogP) is 2.77. The van der Waals surface area contributed by atoms with Gasteiger partial charge in [-0.3, -0.25) is 4.79 Å². The summed E-state index contributed by atoms with van der Waals surface area (Å²) in [6.45, 7) is 0.